The Bertz CT molecular complexity index is 92.5. The van der Waals surface area contributed by atoms with Crippen molar-refractivity contribution in [1.29, 1.82) is 0 Å². The van der Waals surface area contributed by atoms with Crippen LogP contribution in [0, 0.1) is 0 Å². The van der Waals surface area contributed by atoms with Crippen molar-refractivity contribution in [3.63, 3.8) is 0 Å². The van der Waals surface area contributed by atoms with Crippen LogP contribution in [0.25, 0.3) is 0 Å². The third-order valence-electron chi connectivity index (χ3n) is 1.43. The molecule has 8 heavy (non-hydrogen) atoms. The van der Waals surface area contributed by atoms with Crippen LogP contribution in [-0.2, 0) is 0 Å². The first-order chi connectivity index (χ1) is 3.83. The molecule has 0 saturated carbocycles. The third kappa shape index (κ3) is 1.08. The first-order valence-electron chi connectivity index (χ1n) is 2.87. The zero-order chi connectivity index (χ0) is 5.98. The van der Waals surface area contributed by atoms with Gasteiger partial charge in [0.05, 0.1) is 6.10 Å². The molecule has 1 saturated heterocycles. The summed E-state index contributed by atoms with van der Waals surface area (Å²) in [5, 5.41) is 12.0. The van der Waals surface area contributed by atoms with Crippen LogP contribution in [0.5, 0.6) is 0 Å². The summed E-state index contributed by atoms with van der Waals surface area (Å²) in [6, 6.07) is 0.338. The molecule has 0 aliphatic carbocycles. The Kier molecular flexibility index (Phi) is 1.65. The molecule has 0 spiro atoms. The van der Waals surface area contributed by atoms with Gasteiger partial charge in [-0.1, -0.05) is 6.08 Å². The summed E-state index contributed by atoms with van der Waals surface area (Å²) in [6.45, 7) is 4.32. The molecule has 2 heteroatoms. The minimum Gasteiger partial charge on any atom is -0.392 e. The number of aliphatic hydroxyl groups is 1. The molecule has 0 amide bonds. The summed E-state index contributed by atoms with van der Waals surface area (Å²) in [5.74, 6) is 0. The molecule has 1 rings (SSSR count). The van der Waals surface area contributed by atoms with Gasteiger partial charge >= 0.3 is 0 Å². The molecule has 1 heterocycles. The van der Waals surface area contributed by atoms with Gasteiger partial charge < -0.3 is 10.4 Å². The Hall–Kier alpha value is -0.340. The van der Waals surface area contributed by atoms with Crippen molar-refractivity contribution in [3.8, 4) is 0 Å². The summed E-state index contributed by atoms with van der Waals surface area (Å²) in [5.41, 5.74) is 0. The van der Waals surface area contributed by atoms with E-state index in [2.05, 4.69) is 11.9 Å². The lowest BCUT2D eigenvalue weighted by molar-refractivity contribution is 0.194. The minimum atomic E-state index is -0.155. The van der Waals surface area contributed by atoms with Crippen molar-refractivity contribution in [3.05, 3.63) is 12.7 Å². The van der Waals surface area contributed by atoms with Crippen molar-refractivity contribution in [1.82, 2.24) is 5.32 Å². The van der Waals surface area contributed by atoms with E-state index in [4.69, 9.17) is 5.11 Å². The number of β-amino-alcohol motifs (C(OH)–C–C–N with tert-alkyl or cyclic N) is 1. The van der Waals surface area contributed by atoms with Gasteiger partial charge in [-0.2, -0.15) is 0 Å². The fourth-order valence-corrected chi connectivity index (χ4v) is 0.927. The van der Waals surface area contributed by atoms with Crippen LogP contribution >= 0.6 is 0 Å². The largest absolute Gasteiger partial charge is 0.392 e. The van der Waals surface area contributed by atoms with Crippen LogP contribution < -0.4 is 5.32 Å². The van der Waals surface area contributed by atoms with Crippen LogP contribution in [0.2, 0.25) is 0 Å². The fraction of sp³-hybridized carbons (Fsp3) is 0.667. The highest BCUT2D eigenvalue weighted by Crippen LogP contribution is 2.05. The predicted octanol–water partition coefficient (Wildman–Crippen LogP) is -0.105. The van der Waals surface area contributed by atoms with Gasteiger partial charge in [0, 0.05) is 12.6 Å². The van der Waals surface area contributed by atoms with Crippen molar-refractivity contribution in [2.45, 2.75) is 18.6 Å². The van der Waals surface area contributed by atoms with E-state index < -0.39 is 0 Å². The molecule has 0 radical (unpaired) electrons. The molecule has 0 unspecified atom stereocenters. The lowest BCUT2D eigenvalue weighted by Gasteiger charge is -1.98. The summed E-state index contributed by atoms with van der Waals surface area (Å²) in [4.78, 5) is 0. The zero-order valence-electron chi connectivity index (χ0n) is 4.80. The second kappa shape index (κ2) is 2.29. The summed E-state index contributed by atoms with van der Waals surface area (Å²) in [7, 11) is 0. The van der Waals surface area contributed by atoms with Gasteiger partial charge in [-0.05, 0) is 6.42 Å². The standard InChI is InChI=1S/C6H11NO/c1-2-5-3-6(8)4-7-5/h2,5-8H,1,3-4H2/t5-,6+/m1/s1. The molecule has 1 aliphatic rings. The highest BCUT2D eigenvalue weighted by molar-refractivity contribution is 4.92. The van der Waals surface area contributed by atoms with E-state index >= 15 is 0 Å². The van der Waals surface area contributed by atoms with E-state index in [0.717, 1.165) is 13.0 Å². The van der Waals surface area contributed by atoms with Crippen molar-refractivity contribution in [2.75, 3.05) is 6.54 Å². The minimum absolute atomic E-state index is 0.155. The summed E-state index contributed by atoms with van der Waals surface area (Å²) >= 11 is 0. The van der Waals surface area contributed by atoms with E-state index in [1.54, 1.807) is 0 Å². The molecule has 2 nitrogen and oxygen atoms in total. The van der Waals surface area contributed by atoms with Gasteiger partial charge in [0.15, 0.2) is 0 Å². The van der Waals surface area contributed by atoms with E-state index in [9.17, 15) is 0 Å². The van der Waals surface area contributed by atoms with Gasteiger partial charge in [-0.15, -0.1) is 6.58 Å². The van der Waals surface area contributed by atoms with Crippen LogP contribution in [0.3, 0.4) is 0 Å². The molecule has 0 bridgehead atoms. The molecule has 0 aromatic carbocycles. The van der Waals surface area contributed by atoms with E-state index in [1.807, 2.05) is 6.08 Å². The lowest BCUT2D eigenvalue weighted by Crippen LogP contribution is -2.18. The SMILES string of the molecule is C=C[C@@H]1C[C@H](O)CN1. The normalized spacial score (nSPS) is 37.6. The Morgan fingerprint density at radius 1 is 1.75 bits per heavy atom. The average molecular weight is 113 g/mol. The highest BCUT2D eigenvalue weighted by Gasteiger charge is 2.18. The number of aliphatic hydroxyl groups excluding tert-OH is 1. The molecule has 46 valence electrons. The number of hydrogen-bond donors (Lipinski definition) is 2. The molecule has 1 fully saturated rings. The van der Waals surface area contributed by atoms with Crippen molar-refractivity contribution in [2.24, 2.45) is 0 Å². The van der Waals surface area contributed by atoms with Gasteiger partial charge in [-0.25, -0.2) is 0 Å². The topological polar surface area (TPSA) is 32.3 Å². The average Bonchev–Trinajstić information content (AvgIpc) is 2.14. The van der Waals surface area contributed by atoms with Crippen molar-refractivity contribution >= 4 is 0 Å². The zero-order valence-corrected chi connectivity index (χ0v) is 4.80. The van der Waals surface area contributed by atoms with Gasteiger partial charge in [0.2, 0.25) is 0 Å². The molecule has 2 N–H and O–H groups in total. The molecule has 0 aromatic rings. The second-order valence-corrected chi connectivity index (χ2v) is 2.14. The number of rotatable bonds is 1. The second-order valence-electron chi connectivity index (χ2n) is 2.14. The summed E-state index contributed by atoms with van der Waals surface area (Å²) in [6.07, 6.45) is 2.50. The first kappa shape index (κ1) is 5.79. The fourth-order valence-electron chi connectivity index (χ4n) is 0.927. The Morgan fingerprint density at radius 3 is 2.75 bits per heavy atom. The molecule has 2 atom stereocenters. The molecular formula is C6H11NO. The van der Waals surface area contributed by atoms with E-state index in [1.165, 1.54) is 0 Å². The predicted molar refractivity (Wildman–Crippen MR) is 32.6 cm³/mol. The highest BCUT2D eigenvalue weighted by atomic mass is 16.3. The number of nitrogens with one attached hydrogen (secondary N) is 1. The van der Waals surface area contributed by atoms with Crippen LogP contribution in [0.15, 0.2) is 12.7 Å². The van der Waals surface area contributed by atoms with Crippen LogP contribution in [0.1, 0.15) is 6.42 Å². The number of hydrogen-bond acceptors (Lipinski definition) is 2. The lowest BCUT2D eigenvalue weighted by atomic mass is 10.2. The van der Waals surface area contributed by atoms with Crippen LogP contribution in [-0.4, -0.2) is 23.8 Å². The molecule has 1 aliphatic heterocycles. The smallest absolute Gasteiger partial charge is 0.0682 e. The van der Waals surface area contributed by atoms with Crippen molar-refractivity contribution < 1.29 is 5.11 Å². The van der Waals surface area contributed by atoms with Gasteiger partial charge in [-0.3, -0.25) is 0 Å². The Morgan fingerprint density at radius 2 is 2.50 bits per heavy atom. The van der Waals surface area contributed by atoms with Gasteiger partial charge in [0.25, 0.3) is 0 Å². The summed E-state index contributed by atoms with van der Waals surface area (Å²) < 4.78 is 0. The Balaban J connectivity index is 2.32. The van der Waals surface area contributed by atoms with E-state index in [0.29, 0.717) is 6.04 Å². The molecular weight excluding hydrogens is 102 g/mol. The first-order valence-corrected chi connectivity index (χ1v) is 2.87. The maximum absolute atomic E-state index is 8.92. The maximum Gasteiger partial charge on any atom is 0.0682 e. The van der Waals surface area contributed by atoms with Crippen LogP contribution in [0.4, 0.5) is 0 Å². The Labute approximate surface area is 49.2 Å². The van der Waals surface area contributed by atoms with Gasteiger partial charge in [0.1, 0.15) is 0 Å². The molecule has 0 aromatic heterocycles. The maximum atomic E-state index is 8.92. The quantitative estimate of drug-likeness (QED) is 0.465. The third-order valence-corrected chi connectivity index (χ3v) is 1.43. The van der Waals surface area contributed by atoms with E-state index in [-0.39, 0.29) is 6.10 Å². The monoisotopic (exact) mass is 113 g/mol.